The summed E-state index contributed by atoms with van der Waals surface area (Å²) in [6, 6.07) is 7.49. The number of fused-ring (bicyclic) bond motifs is 1. The molecule has 0 aromatic heterocycles. The molecule has 5 heteroatoms. The lowest BCUT2D eigenvalue weighted by Crippen LogP contribution is -2.51. The number of hydrogen-bond acceptors (Lipinski definition) is 3. The lowest BCUT2D eigenvalue weighted by Gasteiger charge is -2.28. The summed E-state index contributed by atoms with van der Waals surface area (Å²) in [5.74, 6) is 0.522. The number of benzene rings is 1. The van der Waals surface area contributed by atoms with Crippen LogP contribution in [0.25, 0.3) is 0 Å². The van der Waals surface area contributed by atoms with Crippen LogP contribution in [0.4, 0.5) is 0 Å². The molecule has 2 aliphatic heterocycles. The molecular weight excluding hydrogens is 314 g/mol. The highest BCUT2D eigenvalue weighted by atomic mass is 16.2. The number of carbonyl (C=O) groups is 2. The fourth-order valence-electron chi connectivity index (χ4n) is 4.11. The Labute approximate surface area is 150 Å². The van der Waals surface area contributed by atoms with Crippen LogP contribution in [0.5, 0.6) is 0 Å². The van der Waals surface area contributed by atoms with E-state index in [4.69, 9.17) is 0 Å². The van der Waals surface area contributed by atoms with Gasteiger partial charge in [-0.25, -0.2) is 0 Å². The monoisotopic (exact) mass is 343 g/mol. The van der Waals surface area contributed by atoms with Gasteiger partial charge < -0.3 is 15.1 Å². The number of aryl methyl sites for hydroxylation is 1. The normalized spacial score (nSPS) is 24.4. The Bertz CT molecular complexity index is 658. The van der Waals surface area contributed by atoms with Crippen molar-refractivity contribution in [3.8, 4) is 0 Å². The summed E-state index contributed by atoms with van der Waals surface area (Å²) in [4.78, 5) is 30.0. The second-order valence-corrected chi connectivity index (χ2v) is 7.85. The van der Waals surface area contributed by atoms with Gasteiger partial charge in [-0.2, -0.15) is 0 Å². The first-order chi connectivity index (χ1) is 11.9. The minimum absolute atomic E-state index is 0.0543. The second kappa shape index (κ2) is 7.16. The van der Waals surface area contributed by atoms with E-state index in [1.54, 1.807) is 0 Å². The molecule has 136 valence electrons. The molecule has 2 fully saturated rings. The van der Waals surface area contributed by atoms with Gasteiger partial charge in [-0.1, -0.05) is 32.0 Å². The SMILES string of the molecule is Cc1ccccc1C(=O)NC(C(=O)N1C[C@@H]2CCN(C)[C@@H]2C1)C(C)C. The second-order valence-electron chi connectivity index (χ2n) is 7.85. The van der Waals surface area contributed by atoms with Gasteiger partial charge in [0.25, 0.3) is 5.91 Å². The highest BCUT2D eigenvalue weighted by Crippen LogP contribution is 2.30. The maximum Gasteiger partial charge on any atom is 0.252 e. The molecule has 3 rings (SSSR count). The van der Waals surface area contributed by atoms with Crippen molar-refractivity contribution in [3.63, 3.8) is 0 Å². The smallest absolute Gasteiger partial charge is 0.252 e. The summed E-state index contributed by atoms with van der Waals surface area (Å²) in [7, 11) is 2.14. The van der Waals surface area contributed by atoms with Gasteiger partial charge in [-0.3, -0.25) is 9.59 Å². The molecule has 0 aliphatic carbocycles. The van der Waals surface area contributed by atoms with E-state index in [0.717, 1.165) is 31.6 Å². The molecule has 1 aromatic rings. The van der Waals surface area contributed by atoms with Gasteiger partial charge in [-0.15, -0.1) is 0 Å². The molecule has 1 N–H and O–H groups in total. The van der Waals surface area contributed by atoms with Gasteiger partial charge in [0.15, 0.2) is 0 Å². The van der Waals surface area contributed by atoms with Crippen LogP contribution in [0.15, 0.2) is 24.3 Å². The first-order valence-electron chi connectivity index (χ1n) is 9.24. The molecule has 1 unspecified atom stereocenters. The van der Waals surface area contributed by atoms with Crippen molar-refractivity contribution >= 4 is 11.8 Å². The van der Waals surface area contributed by atoms with Gasteiger partial charge >= 0.3 is 0 Å². The third kappa shape index (κ3) is 3.56. The van der Waals surface area contributed by atoms with Crippen molar-refractivity contribution in [2.45, 2.75) is 39.3 Å². The molecule has 2 aliphatic rings. The molecule has 3 atom stereocenters. The maximum absolute atomic E-state index is 13.1. The highest BCUT2D eigenvalue weighted by Gasteiger charge is 2.43. The van der Waals surface area contributed by atoms with Crippen LogP contribution in [-0.4, -0.2) is 60.4 Å². The number of nitrogens with one attached hydrogen (secondary N) is 1. The van der Waals surface area contributed by atoms with Crippen molar-refractivity contribution in [3.05, 3.63) is 35.4 Å². The minimum Gasteiger partial charge on any atom is -0.340 e. The molecule has 1 aromatic carbocycles. The van der Waals surface area contributed by atoms with Crippen molar-refractivity contribution in [2.75, 3.05) is 26.7 Å². The molecular formula is C20H29N3O2. The number of rotatable bonds is 4. The Hall–Kier alpha value is -1.88. The van der Waals surface area contributed by atoms with E-state index in [9.17, 15) is 9.59 Å². The van der Waals surface area contributed by atoms with Gasteiger partial charge in [-0.05, 0) is 50.4 Å². The van der Waals surface area contributed by atoms with E-state index in [1.807, 2.05) is 49.9 Å². The van der Waals surface area contributed by atoms with E-state index in [-0.39, 0.29) is 17.7 Å². The predicted octanol–water partition coefficient (Wildman–Crippen LogP) is 1.91. The molecule has 0 spiro atoms. The van der Waals surface area contributed by atoms with Gasteiger partial charge in [0.05, 0.1) is 0 Å². The van der Waals surface area contributed by atoms with Crippen LogP contribution < -0.4 is 5.32 Å². The van der Waals surface area contributed by atoms with Crippen molar-refractivity contribution in [1.82, 2.24) is 15.1 Å². The summed E-state index contributed by atoms with van der Waals surface area (Å²) in [5, 5.41) is 2.98. The third-order valence-corrected chi connectivity index (χ3v) is 5.75. The number of hydrogen-bond donors (Lipinski definition) is 1. The largest absolute Gasteiger partial charge is 0.340 e. The first kappa shape index (κ1) is 17.9. The molecule has 0 radical (unpaired) electrons. The summed E-state index contributed by atoms with van der Waals surface area (Å²) >= 11 is 0. The molecule has 2 saturated heterocycles. The standard InChI is InChI=1S/C20H29N3O2/c1-13(2)18(21-19(24)16-8-6-5-7-14(16)3)20(25)23-11-15-9-10-22(4)17(15)12-23/h5-8,13,15,17-18H,9-12H2,1-4H3,(H,21,24)/t15-,17+,18?/m0/s1. The minimum atomic E-state index is -0.476. The number of amides is 2. The van der Waals surface area contributed by atoms with Gasteiger partial charge in [0.1, 0.15) is 6.04 Å². The average Bonchev–Trinajstić information content (AvgIpc) is 3.14. The summed E-state index contributed by atoms with van der Waals surface area (Å²) in [6.07, 6.45) is 1.16. The van der Waals surface area contributed by atoms with E-state index in [0.29, 0.717) is 17.5 Å². The molecule has 5 nitrogen and oxygen atoms in total. The number of likely N-dealkylation sites (tertiary alicyclic amines) is 2. The fourth-order valence-corrected chi connectivity index (χ4v) is 4.11. The van der Waals surface area contributed by atoms with Crippen LogP contribution in [-0.2, 0) is 4.79 Å². The van der Waals surface area contributed by atoms with Gasteiger partial charge in [0.2, 0.25) is 5.91 Å². The van der Waals surface area contributed by atoms with Crippen LogP contribution in [0.2, 0.25) is 0 Å². The Balaban J connectivity index is 1.70. The van der Waals surface area contributed by atoms with E-state index >= 15 is 0 Å². The zero-order valence-electron chi connectivity index (χ0n) is 15.7. The number of nitrogens with zero attached hydrogens (tertiary/aromatic N) is 2. The lowest BCUT2D eigenvalue weighted by atomic mass is 10.0. The fraction of sp³-hybridized carbons (Fsp3) is 0.600. The first-order valence-corrected chi connectivity index (χ1v) is 9.24. The summed E-state index contributed by atoms with van der Waals surface area (Å²) in [6.45, 7) is 8.61. The van der Waals surface area contributed by atoms with Gasteiger partial charge in [0, 0.05) is 24.7 Å². The van der Waals surface area contributed by atoms with Crippen molar-refractivity contribution < 1.29 is 9.59 Å². The average molecular weight is 343 g/mol. The van der Waals surface area contributed by atoms with Crippen molar-refractivity contribution in [1.29, 1.82) is 0 Å². The molecule has 25 heavy (non-hydrogen) atoms. The van der Waals surface area contributed by atoms with E-state index in [1.165, 1.54) is 0 Å². The lowest BCUT2D eigenvalue weighted by molar-refractivity contribution is -0.133. The topological polar surface area (TPSA) is 52.7 Å². The Morgan fingerprint density at radius 2 is 1.92 bits per heavy atom. The predicted molar refractivity (Wildman–Crippen MR) is 98.4 cm³/mol. The summed E-state index contributed by atoms with van der Waals surface area (Å²) in [5.41, 5.74) is 1.56. The van der Waals surface area contributed by atoms with Crippen LogP contribution in [0, 0.1) is 18.8 Å². The Morgan fingerprint density at radius 3 is 2.56 bits per heavy atom. The molecule has 0 saturated carbocycles. The zero-order valence-corrected chi connectivity index (χ0v) is 15.7. The maximum atomic E-state index is 13.1. The van der Waals surface area contributed by atoms with E-state index in [2.05, 4.69) is 17.3 Å². The van der Waals surface area contributed by atoms with Crippen molar-refractivity contribution in [2.24, 2.45) is 11.8 Å². The quantitative estimate of drug-likeness (QED) is 0.909. The number of likely N-dealkylation sites (N-methyl/N-ethyl adjacent to an activating group) is 1. The Morgan fingerprint density at radius 1 is 1.20 bits per heavy atom. The zero-order chi connectivity index (χ0) is 18.1. The number of carbonyl (C=O) groups excluding carboxylic acids is 2. The van der Waals surface area contributed by atoms with E-state index < -0.39 is 6.04 Å². The molecule has 2 amide bonds. The van der Waals surface area contributed by atoms with Crippen LogP contribution in [0.3, 0.4) is 0 Å². The van der Waals surface area contributed by atoms with Crippen LogP contribution >= 0.6 is 0 Å². The molecule has 2 heterocycles. The third-order valence-electron chi connectivity index (χ3n) is 5.75. The van der Waals surface area contributed by atoms with Crippen LogP contribution in [0.1, 0.15) is 36.2 Å². The summed E-state index contributed by atoms with van der Waals surface area (Å²) < 4.78 is 0. The highest BCUT2D eigenvalue weighted by molar-refractivity contribution is 5.98. The molecule has 0 bridgehead atoms. The Kier molecular flexibility index (Phi) is 5.13.